The van der Waals surface area contributed by atoms with Crippen LogP contribution in [-0.2, 0) is 0 Å². The molecule has 0 saturated heterocycles. The summed E-state index contributed by atoms with van der Waals surface area (Å²) in [5.41, 5.74) is 0.861. The van der Waals surface area contributed by atoms with Crippen LogP contribution in [0.15, 0.2) is 23.8 Å². The SMILES string of the molecule is CC(C)(C)/C=C1\C=C[C@H](O)[C@@H]1O. The third-order valence-electron chi connectivity index (χ3n) is 1.75. The van der Waals surface area contributed by atoms with Crippen LogP contribution in [-0.4, -0.2) is 22.4 Å². The molecule has 0 aromatic heterocycles. The maximum atomic E-state index is 9.44. The zero-order chi connectivity index (χ0) is 9.35. The van der Waals surface area contributed by atoms with E-state index in [0.29, 0.717) is 0 Å². The summed E-state index contributed by atoms with van der Waals surface area (Å²) in [5.74, 6) is 0. The molecule has 0 amide bonds. The molecular formula is C10H16O2. The van der Waals surface area contributed by atoms with Crippen molar-refractivity contribution in [2.75, 3.05) is 0 Å². The zero-order valence-electron chi connectivity index (χ0n) is 7.78. The summed E-state index contributed by atoms with van der Waals surface area (Å²) < 4.78 is 0. The van der Waals surface area contributed by atoms with Gasteiger partial charge in [0.25, 0.3) is 0 Å². The van der Waals surface area contributed by atoms with Crippen LogP contribution in [0, 0.1) is 5.41 Å². The predicted molar refractivity (Wildman–Crippen MR) is 48.7 cm³/mol. The Kier molecular flexibility index (Phi) is 2.40. The summed E-state index contributed by atoms with van der Waals surface area (Å²) in [7, 11) is 0. The number of hydrogen-bond acceptors (Lipinski definition) is 2. The molecule has 0 aromatic rings. The average Bonchev–Trinajstić information content (AvgIpc) is 2.16. The third kappa shape index (κ3) is 2.19. The lowest BCUT2D eigenvalue weighted by Gasteiger charge is -2.16. The molecule has 1 aliphatic carbocycles. The van der Waals surface area contributed by atoms with Crippen molar-refractivity contribution in [3.05, 3.63) is 23.8 Å². The van der Waals surface area contributed by atoms with E-state index in [1.54, 1.807) is 12.2 Å². The highest BCUT2D eigenvalue weighted by molar-refractivity contribution is 5.33. The van der Waals surface area contributed by atoms with Crippen molar-refractivity contribution in [1.29, 1.82) is 0 Å². The van der Waals surface area contributed by atoms with Crippen LogP contribution < -0.4 is 0 Å². The van der Waals surface area contributed by atoms with Gasteiger partial charge in [0.1, 0.15) is 12.2 Å². The number of rotatable bonds is 0. The van der Waals surface area contributed by atoms with Gasteiger partial charge in [-0.15, -0.1) is 0 Å². The lowest BCUT2D eigenvalue weighted by atomic mass is 9.92. The summed E-state index contributed by atoms with van der Waals surface area (Å²) in [6.45, 7) is 6.18. The molecule has 68 valence electrons. The zero-order valence-corrected chi connectivity index (χ0v) is 7.78. The Morgan fingerprint density at radius 1 is 1.33 bits per heavy atom. The molecule has 0 aromatic carbocycles. The van der Waals surface area contributed by atoms with Gasteiger partial charge in [-0.25, -0.2) is 0 Å². The first-order valence-corrected chi connectivity index (χ1v) is 4.17. The van der Waals surface area contributed by atoms with Gasteiger partial charge in [-0.05, 0) is 11.0 Å². The Balaban J connectivity index is 2.79. The second-order valence-corrected chi connectivity index (χ2v) is 4.30. The first-order valence-electron chi connectivity index (χ1n) is 4.17. The van der Waals surface area contributed by atoms with E-state index in [1.807, 2.05) is 6.08 Å². The normalized spacial score (nSPS) is 33.2. The lowest BCUT2D eigenvalue weighted by Crippen LogP contribution is -2.21. The number of allylic oxidation sites excluding steroid dienone is 1. The van der Waals surface area contributed by atoms with Crippen molar-refractivity contribution in [2.24, 2.45) is 5.41 Å². The number of aliphatic hydroxyl groups is 2. The van der Waals surface area contributed by atoms with E-state index in [9.17, 15) is 10.2 Å². The third-order valence-corrected chi connectivity index (χ3v) is 1.75. The van der Waals surface area contributed by atoms with Gasteiger partial charge in [-0.2, -0.15) is 0 Å². The van der Waals surface area contributed by atoms with Gasteiger partial charge in [-0.1, -0.05) is 39.0 Å². The molecule has 1 aliphatic rings. The van der Waals surface area contributed by atoms with Gasteiger partial charge >= 0.3 is 0 Å². The lowest BCUT2D eigenvalue weighted by molar-refractivity contribution is 0.0820. The van der Waals surface area contributed by atoms with Crippen LogP contribution in [0.25, 0.3) is 0 Å². The minimum absolute atomic E-state index is 0.0463. The van der Waals surface area contributed by atoms with Crippen LogP contribution in [0.5, 0.6) is 0 Å². The highest BCUT2D eigenvalue weighted by Gasteiger charge is 2.23. The molecule has 12 heavy (non-hydrogen) atoms. The van der Waals surface area contributed by atoms with Gasteiger partial charge < -0.3 is 10.2 Å². The van der Waals surface area contributed by atoms with Gasteiger partial charge in [0.15, 0.2) is 0 Å². The molecule has 2 N–H and O–H groups in total. The van der Waals surface area contributed by atoms with Crippen molar-refractivity contribution in [3.63, 3.8) is 0 Å². The van der Waals surface area contributed by atoms with Crippen LogP contribution in [0.2, 0.25) is 0 Å². The summed E-state index contributed by atoms with van der Waals surface area (Å²) in [5, 5.41) is 18.6. The van der Waals surface area contributed by atoms with Gasteiger partial charge in [0.2, 0.25) is 0 Å². The maximum absolute atomic E-state index is 9.44. The molecule has 0 spiro atoms. The van der Waals surface area contributed by atoms with Crippen LogP contribution in [0.1, 0.15) is 20.8 Å². The van der Waals surface area contributed by atoms with E-state index in [4.69, 9.17) is 0 Å². The predicted octanol–water partition coefficient (Wildman–Crippen LogP) is 1.25. The van der Waals surface area contributed by atoms with E-state index < -0.39 is 12.2 Å². The molecule has 0 unspecified atom stereocenters. The van der Waals surface area contributed by atoms with E-state index in [-0.39, 0.29) is 5.41 Å². The van der Waals surface area contributed by atoms with E-state index in [1.165, 1.54) is 0 Å². The molecule has 0 saturated carbocycles. The maximum Gasteiger partial charge on any atom is 0.108 e. The monoisotopic (exact) mass is 168 g/mol. The fraction of sp³-hybridized carbons (Fsp3) is 0.600. The van der Waals surface area contributed by atoms with Crippen LogP contribution in [0.3, 0.4) is 0 Å². The van der Waals surface area contributed by atoms with E-state index in [0.717, 1.165) is 5.57 Å². The van der Waals surface area contributed by atoms with Crippen molar-refractivity contribution in [2.45, 2.75) is 33.0 Å². The molecule has 0 bridgehead atoms. The molecule has 0 aliphatic heterocycles. The van der Waals surface area contributed by atoms with Crippen LogP contribution in [0.4, 0.5) is 0 Å². The molecular weight excluding hydrogens is 152 g/mol. The van der Waals surface area contributed by atoms with Crippen molar-refractivity contribution in [3.8, 4) is 0 Å². The molecule has 0 radical (unpaired) electrons. The first kappa shape index (κ1) is 9.49. The van der Waals surface area contributed by atoms with Crippen LogP contribution >= 0.6 is 0 Å². The highest BCUT2D eigenvalue weighted by atomic mass is 16.3. The minimum atomic E-state index is -0.732. The largest absolute Gasteiger partial charge is 0.386 e. The Bertz CT molecular complexity index is 220. The second kappa shape index (κ2) is 3.04. The minimum Gasteiger partial charge on any atom is -0.386 e. The average molecular weight is 168 g/mol. The quantitative estimate of drug-likeness (QED) is 0.571. The summed E-state index contributed by atoms with van der Waals surface area (Å²) in [6.07, 6.45) is 3.91. The van der Waals surface area contributed by atoms with E-state index in [2.05, 4.69) is 20.8 Å². The Labute approximate surface area is 73.2 Å². The molecule has 0 fully saturated rings. The first-order chi connectivity index (χ1) is 5.40. The van der Waals surface area contributed by atoms with Gasteiger partial charge in [0, 0.05) is 0 Å². The number of hydrogen-bond donors (Lipinski definition) is 2. The fourth-order valence-corrected chi connectivity index (χ4v) is 1.24. The van der Waals surface area contributed by atoms with E-state index >= 15 is 0 Å². The molecule has 2 nitrogen and oxygen atoms in total. The summed E-state index contributed by atoms with van der Waals surface area (Å²) in [4.78, 5) is 0. The second-order valence-electron chi connectivity index (χ2n) is 4.30. The molecule has 2 heteroatoms. The van der Waals surface area contributed by atoms with Gasteiger partial charge in [0.05, 0.1) is 0 Å². The number of aliphatic hydroxyl groups excluding tert-OH is 2. The smallest absolute Gasteiger partial charge is 0.108 e. The Hall–Kier alpha value is -0.600. The topological polar surface area (TPSA) is 40.5 Å². The fourth-order valence-electron chi connectivity index (χ4n) is 1.24. The Morgan fingerprint density at radius 2 is 1.92 bits per heavy atom. The Morgan fingerprint density at radius 3 is 2.25 bits per heavy atom. The van der Waals surface area contributed by atoms with Crippen molar-refractivity contribution >= 4 is 0 Å². The van der Waals surface area contributed by atoms with Crippen molar-refractivity contribution < 1.29 is 10.2 Å². The van der Waals surface area contributed by atoms with Crippen molar-refractivity contribution in [1.82, 2.24) is 0 Å². The summed E-state index contributed by atoms with van der Waals surface area (Å²) in [6, 6.07) is 0. The summed E-state index contributed by atoms with van der Waals surface area (Å²) >= 11 is 0. The standard InChI is InChI=1S/C10H16O2/c1-10(2,3)6-7-4-5-8(11)9(7)12/h4-6,8-9,11-12H,1-3H3/b7-6+/t8-,9+/m0/s1. The highest BCUT2D eigenvalue weighted by Crippen LogP contribution is 2.24. The molecule has 0 heterocycles. The van der Waals surface area contributed by atoms with Gasteiger partial charge in [-0.3, -0.25) is 0 Å². The molecule has 2 atom stereocenters. The molecule has 1 rings (SSSR count).